The third-order valence-electron chi connectivity index (χ3n) is 4.95. The Labute approximate surface area is 172 Å². The zero-order valence-corrected chi connectivity index (χ0v) is 16.0. The van der Waals surface area contributed by atoms with Crippen LogP contribution in [0.3, 0.4) is 0 Å². The molecule has 1 aliphatic heterocycles. The number of fused-ring (bicyclic) bond motifs is 1. The molecule has 148 valence electrons. The van der Waals surface area contributed by atoms with Gasteiger partial charge in [0, 0.05) is 23.5 Å². The fourth-order valence-corrected chi connectivity index (χ4v) is 3.60. The van der Waals surface area contributed by atoms with Crippen molar-refractivity contribution in [3.8, 4) is 12.1 Å². The average molecular weight is 398 g/mol. The first kappa shape index (κ1) is 19.1. The quantitative estimate of drug-likeness (QED) is 0.656. The number of benzene rings is 1. The standard InChI is InChI=1S/C21H18N8O/c22-7-4-18(14-2-1-3-16(10-14)28-19(30)5-8-23)29-12-15(11-27-29)20-17-6-9-24-21(17)26-13-25-20/h1-3,6,9-11,13,15,18H,4-5,12H2,(H,28,30)(H,24,25,26). The van der Waals surface area contributed by atoms with Gasteiger partial charge in [0.2, 0.25) is 5.91 Å². The van der Waals surface area contributed by atoms with Crippen LogP contribution in [0.5, 0.6) is 0 Å². The van der Waals surface area contributed by atoms with Gasteiger partial charge in [-0.15, -0.1) is 0 Å². The molecule has 9 heteroatoms. The van der Waals surface area contributed by atoms with Crippen LogP contribution in [-0.2, 0) is 4.79 Å². The van der Waals surface area contributed by atoms with E-state index in [-0.39, 0.29) is 30.7 Å². The first-order chi connectivity index (χ1) is 14.7. The smallest absolute Gasteiger partial charge is 0.238 e. The van der Waals surface area contributed by atoms with Crippen molar-refractivity contribution in [1.82, 2.24) is 20.0 Å². The highest BCUT2D eigenvalue weighted by Crippen LogP contribution is 2.33. The summed E-state index contributed by atoms with van der Waals surface area (Å²) in [4.78, 5) is 23.5. The van der Waals surface area contributed by atoms with Crippen LogP contribution >= 0.6 is 0 Å². The minimum atomic E-state index is -0.370. The Morgan fingerprint density at radius 3 is 3.03 bits per heavy atom. The number of nitriles is 2. The fourth-order valence-electron chi connectivity index (χ4n) is 3.60. The second-order valence-corrected chi connectivity index (χ2v) is 6.88. The molecular formula is C21H18N8O. The summed E-state index contributed by atoms with van der Waals surface area (Å²) >= 11 is 0. The maximum absolute atomic E-state index is 11.7. The maximum Gasteiger partial charge on any atom is 0.238 e. The van der Waals surface area contributed by atoms with Gasteiger partial charge >= 0.3 is 0 Å². The zero-order valence-electron chi connectivity index (χ0n) is 16.0. The lowest BCUT2D eigenvalue weighted by Gasteiger charge is -2.26. The summed E-state index contributed by atoms with van der Waals surface area (Å²) in [5.41, 5.74) is 3.11. The number of carbonyl (C=O) groups excluding carboxylic acids is 1. The van der Waals surface area contributed by atoms with E-state index in [4.69, 9.17) is 5.26 Å². The second-order valence-electron chi connectivity index (χ2n) is 6.88. The molecule has 3 heterocycles. The molecule has 1 aromatic carbocycles. The lowest BCUT2D eigenvalue weighted by Crippen LogP contribution is -2.24. The zero-order chi connectivity index (χ0) is 20.9. The van der Waals surface area contributed by atoms with Gasteiger partial charge in [-0.05, 0) is 23.8 Å². The van der Waals surface area contributed by atoms with Crippen molar-refractivity contribution in [2.24, 2.45) is 5.10 Å². The molecular weight excluding hydrogens is 380 g/mol. The number of carbonyl (C=O) groups is 1. The molecule has 0 aliphatic carbocycles. The van der Waals surface area contributed by atoms with E-state index in [2.05, 4.69) is 31.4 Å². The number of rotatable bonds is 6. The van der Waals surface area contributed by atoms with E-state index in [1.807, 2.05) is 47.8 Å². The molecule has 0 saturated carbocycles. The van der Waals surface area contributed by atoms with Crippen molar-refractivity contribution in [2.45, 2.75) is 24.8 Å². The minimum absolute atomic E-state index is 0.0222. The van der Waals surface area contributed by atoms with Crippen LogP contribution in [0, 0.1) is 22.7 Å². The molecule has 0 bridgehead atoms. The lowest BCUT2D eigenvalue weighted by atomic mass is 10.0. The van der Waals surface area contributed by atoms with Gasteiger partial charge in [0.05, 0.1) is 42.8 Å². The molecule has 1 aliphatic rings. The number of aromatic nitrogens is 3. The van der Waals surface area contributed by atoms with Gasteiger partial charge in [0.1, 0.15) is 18.4 Å². The molecule has 0 saturated heterocycles. The number of aromatic amines is 1. The largest absolute Gasteiger partial charge is 0.346 e. The van der Waals surface area contributed by atoms with E-state index < -0.39 is 0 Å². The predicted molar refractivity (Wildman–Crippen MR) is 110 cm³/mol. The summed E-state index contributed by atoms with van der Waals surface area (Å²) in [7, 11) is 0. The van der Waals surface area contributed by atoms with Crippen molar-refractivity contribution >= 4 is 28.8 Å². The number of anilines is 1. The molecule has 4 rings (SSSR count). The fraction of sp³-hybridized carbons (Fsp3) is 0.238. The van der Waals surface area contributed by atoms with Crippen LogP contribution in [0.15, 0.2) is 48.0 Å². The first-order valence-electron chi connectivity index (χ1n) is 9.42. The summed E-state index contributed by atoms with van der Waals surface area (Å²) in [6, 6.07) is 13.0. The Bertz CT molecular complexity index is 1190. The molecule has 0 fully saturated rings. The summed E-state index contributed by atoms with van der Waals surface area (Å²) in [6.45, 7) is 0.578. The van der Waals surface area contributed by atoms with Crippen LogP contribution in [0.1, 0.15) is 36.1 Å². The highest BCUT2D eigenvalue weighted by Gasteiger charge is 2.29. The molecule has 0 spiro atoms. The molecule has 30 heavy (non-hydrogen) atoms. The predicted octanol–water partition coefficient (Wildman–Crippen LogP) is 2.85. The summed E-state index contributed by atoms with van der Waals surface area (Å²) in [5.74, 6) is -0.393. The van der Waals surface area contributed by atoms with E-state index in [0.717, 1.165) is 22.3 Å². The maximum atomic E-state index is 11.7. The summed E-state index contributed by atoms with van der Waals surface area (Å²) in [5, 5.41) is 28.1. The number of nitrogens with one attached hydrogen (secondary N) is 2. The van der Waals surface area contributed by atoms with Gasteiger partial charge in [0.15, 0.2) is 0 Å². The van der Waals surface area contributed by atoms with Crippen LogP contribution in [0.2, 0.25) is 0 Å². The van der Waals surface area contributed by atoms with E-state index in [0.29, 0.717) is 12.2 Å². The molecule has 2 aromatic heterocycles. The molecule has 2 unspecified atom stereocenters. The normalized spacial score (nSPS) is 16.2. The van der Waals surface area contributed by atoms with Gasteiger partial charge in [0.25, 0.3) is 0 Å². The Kier molecular flexibility index (Phi) is 5.35. The van der Waals surface area contributed by atoms with Crippen LogP contribution in [-0.4, -0.2) is 38.6 Å². The Hall–Kier alpha value is -4.24. The number of hydrogen-bond donors (Lipinski definition) is 2. The van der Waals surface area contributed by atoms with Crippen molar-refractivity contribution < 1.29 is 4.79 Å². The topological polar surface area (TPSA) is 134 Å². The first-order valence-corrected chi connectivity index (χ1v) is 9.42. The number of H-pyrrole nitrogens is 1. The SMILES string of the molecule is N#CCC(=O)Nc1cccc(C(CC#N)N2CC(c3ncnc4[nH]ccc34)C=N2)c1. The van der Waals surface area contributed by atoms with Gasteiger partial charge < -0.3 is 10.3 Å². The third kappa shape index (κ3) is 3.82. The van der Waals surface area contributed by atoms with E-state index in [1.165, 1.54) is 6.33 Å². The van der Waals surface area contributed by atoms with Gasteiger partial charge in [-0.3, -0.25) is 9.80 Å². The Morgan fingerprint density at radius 1 is 1.30 bits per heavy atom. The van der Waals surface area contributed by atoms with Crippen molar-refractivity contribution in [1.29, 1.82) is 10.5 Å². The third-order valence-corrected chi connectivity index (χ3v) is 4.95. The Balaban J connectivity index is 1.55. The van der Waals surface area contributed by atoms with Crippen LogP contribution in [0.4, 0.5) is 5.69 Å². The van der Waals surface area contributed by atoms with Crippen molar-refractivity contribution in [2.75, 3.05) is 11.9 Å². The molecule has 1 amide bonds. The average Bonchev–Trinajstić information content (AvgIpc) is 3.42. The number of nitrogens with zero attached hydrogens (tertiary/aromatic N) is 6. The van der Waals surface area contributed by atoms with E-state index in [9.17, 15) is 10.1 Å². The van der Waals surface area contributed by atoms with Crippen molar-refractivity contribution in [3.63, 3.8) is 0 Å². The van der Waals surface area contributed by atoms with E-state index in [1.54, 1.807) is 6.07 Å². The highest BCUT2D eigenvalue weighted by atomic mass is 16.1. The number of amides is 1. The summed E-state index contributed by atoms with van der Waals surface area (Å²) in [6.07, 6.45) is 5.24. The van der Waals surface area contributed by atoms with Gasteiger partial charge in [-0.2, -0.15) is 15.6 Å². The molecule has 3 aromatic rings. The minimum Gasteiger partial charge on any atom is -0.346 e. The summed E-state index contributed by atoms with van der Waals surface area (Å²) < 4.78 is 0. The van der Waals surface area contributed by atoms with E-state index >= 15 is 0 Å². The Morgan fingerprint density at radius 2 is 2.20 bits per heavy atom. The van der Waals surface area contributed by atoms with Gasteiger partial charge in [-0.1, -0.05) is 12.1 Å². The molecule has 2 N–H and O–H groups in total. The lowest BCUT2D eigenvalue weighted by molar-refractivity contribution is -0.115. The molecule has 2 atom stereocenters. The number of hydrogen-bond acceptors (Lipinski definition) is 7. The van der Waals surface area contributed by atoms with Gasteiger partial charge in [-0.25, -0.2) is 9.97 Å². The molecule has 9 nitrogen and oxygen atoms in total. The number of hydrazone groups is 1. The van der Waals surface area contributed by atoms with Crippen LogP contribution < -0.4 is 5.32 Å². The highest BCUT2D eigenvalue weighted by molar-refractivity contribution is 5.92. The second kappa shape index (κ2) is 8.41. The van der Waals surface area contributed by atoms with Crippen molar-refractivity contribution in [3.05, 3.63) is 54.1 Å². The monoisotopic (exact) mass is 398 g/mol. The molecule has 0 radical (unpaired) electrons. The van der Waals surface area contributed by atoms with Crippen LogP contribution in [0.25, 0.3) is 11.0 Å².